The number of nitrogens with zero attached hydrogens (tertiary/aromatic N) is 1. The molecule has 0 bridgehead atoms. The van der Waals surface area contributed by atoms with Crippen molar-refractivity contribution in [1.29, 1.82) is 0 Å². The molecule has 0 amide bonds. The van der Waals surface area contributed by atoms with Crippen LogP contribution in [0.5, 0.6) is 0 Å². The monoisotopic (exact) mass is 312 g/mol. The van der Waals surface area contributed by atoms with Crippen molar-refractivity contribution in [3.8, 4) is 0 Å². The lowest BCUT2D eigenvalue weighted by Gasteiger charge is -2.23. The first kappa shape index (κ1) is 18.1. The zero-order valence-corrected chi connectivity index (χ0v) is 14.6. The molecule has 0 aromatic heterocycles. The third kappa shape index (κ3) is 4.53. The summed E-state index contributed by atoms with van der Waals surface area (Å²) in [5.41, 5.74) is 1.08. The smallest absolute Gasteiger partial charge is 0.243 e. The molecule has 1 N–H and O–H groups in total. The minimum atomic E-state index is -3.39. The van der Waals surface area contributed by atoms with Gasteiger partial charge < -0.3 is 5.32 Å². The van der Waals surface area contributed by atoms with E-state index in [-0.39, 0.29) is 6.04 Å². The molecule has 120 valence electrons. The number of sulfonamides is 1. The Kier molecular flexibility index (Phi) is 6.84. The number of hydrogen-bond donors (Lipinski definition) is 1. The fraction of sp³-hybridized carbons (Fsp3) is 0.625. The fourth-order valence-corrected chi connectivity index (χ4v) is 3.69. The van der Waals surface area contributed by atoms with Crippen LogP contribution in [-0.4, -0.2) is 32.9 Å². The standard InChI is InChI=1S/C16H28N2O2S/c1-6-13(3)12-18(7-2)21(19,20)16-10-8-15(9-11-16)14(4)17-5/h8-11,13-14,17H,6-7,12H2,1-5H3. The minimum Gasteiger partial charge on any atom is -0.313 e. The number of hydrogen-bond acceptors (Lipinski definition) is 3. The lowest BCUT2D eigenvalue weighted by Crippen LogP contribution is -2.34. The van der Waals surface area contributed by atoms with Gasteiger partial charge in [-0.05, 0) is 37.6 Å². The molecule has 0 aliphatic heterocycles. The van der Waals surface area contributed by atoms with E-state index in [1.165, 1.54) is 0 Å². The summed E-state index contributed by atoms with van der Waals surface area (Å²) in [6, 6.07) is 7.38. The molecule has 0 aliphatic carbocycles. The van der Waals surface area contributed by atoms with Gasteiger partial charge in [0.1, 0.15) is 0 Å². The van der Waals surface area contributed by atoms with Crippen LogP contribution >= 0.6 is 0 Å². The molecule has 2 unspecified atom stereocenters. The molecule has 0 saturated carbocycles. The molecule has 5 heteroatoms. The normalized spacial score (nSPS) is 15.1. The van der Waals surface area contributed by atoms with E-state index in [1.807, 2.05) is 33.0 Å². The summed E-state index contributed by atoms with van der Waals surface area (Å²) in [7, 11) is -1.50. The van der Waals surface area contributed by atoms with Crippen molar-refractivity contribution in [3.05, 3.63) is 29.8 Å². The average molecular weight is 312 g/mol. The van der Waals surface area contributed by atoms with Gasteiger partial charge in [-0.2, -0.15) is 4.31 Å². The second-order valence-electron chi connectivity index (χ2n) is 5.55. The van der Waals surface area contributed by atoms with Gasteiger partial charge in [-0.1, -0.05) is 39.3 Å². The summed E-state index contributed by atoms with van der Waals surface area (Å²) >= 11 is 0. The zero-order chi connectivity index (χ0) is 16.0. The molecule has 0 spiro atoms. The lowest BCUT2D eigenvalue weighted by molar-refractivity contribution is 0.361. The van der Waals surface area contributed by atoms with Crippen molar-refractivity contribution in [2.45, 2.75) is 45.1 Å². The van der Waals surface area contributed by atoms with E-state index in [2.05, 4.69) is 19.2 Å². The maximum absolute atomic E-state index is 12.7. The Morgan fingerprint density at radius 3 is 2.14 bits per heavy atom. The van der Waals surface area contributed by atoms with Crippen LogP contribution in [0.4, 0.5) is 0 Å². The average Bonchev–Trinajstić information content (AvgIpc) is 2.51. The topological polar surface area (TPSA) is 49.4 Å². The largest absolute Gasteiger partial charge is 0.313 e. The van der Waals surface area contributed by atoms with Gasteiger partial charge in [-0.3, -0.25) is 0 Å². The number of rotatable bonds is 8. The maximum Gasteiger partial charge on any atom is 0.243 e. The van der Waals surface area contributed by atoms with Gasteiger partial charge in [0.15, 0.2) is 0 Å². The highest BCUT2D eigenvalue weighted by Gasteiger charge is 2.24. The Labute approximate surface area is 129 Å². The molecule has 1 rings (SSSR count). The van der Waals surface area contributed by atoms with Gasteiger partial charge in [-0.25, -0.2) is 8.42 Å². The van der Waals surface area contributed by atoms with Crippen LogP contribution in [0.25, 0.3) is 0 Å². The minimum absolute atomic E-state index is 0.212. The first-order valence-corrected chi connectivity index (χ1v) is 9.08. The first-order chi connectivity index (χ1) is 9.86. The molecule has 0 aliphatic rings. The van der Waals surface area contributed by atoms with Crippen LogP contribution in [0, 0.1) is 5.92 Å². The Bertz CT molecular complexity index is 526. The van der Waals surface area contributed by atoms with Crippen molar-refractivity contribution >= 4 is 10.0 Å². The molecule has 0 saturated heterocycles. The summed E-state index contributed by atoms with van der Waals surface area (Å²) in [6.45, 7) is 9.17. The Morgan fingerprint density at radius 2 is 1.71 bits per heavy atom. The van der Waals surface area contributed by atoms with Crippen LogP contribution in [-0.2, 0) is 10.0 Å². The van der Waals surface area contributed by atoms with Crippen LogP contribution in [0.3, 0.4) is 0 Å². The summed E-state index contributed by atoms with van der Waals surface area (Å²) in [6.07, 6.45) is 0.977. The lowest BCUT2D eigenvalue weighted by atomic mass is 10.1. The Balaban J connectivity index is 3.00. The molecule has 2 atom stereocenters. The maximum atomic E-state index is 12.7. The predicted octanol–water partition coefficient (Wildman–Crippen LogP) is 3.02. The molecule has 1 aromatic rings. The highest BCUT2D eigenvalue weighted by molar-refractivity contribution is 7.89. The molecule has 0 heterocycles. The molecule has 1 aromatic carbocycles. The van der Waals surface area contributed by atoms with E-state index in [0.29, 0.717) is 23.9 Å². The van der Waals surface area contributed by atoms with E-state index >= 15 is 0 Å². The van der Waals surface area contributed by atoms with E-state index in [9.17, 15) is 8.42 Å². The molecule has 0 fully saturated rings. The summed E-state index contributed by atoms with van der Waals surface area (Å²) in [5, 5.41) is 3.15. The van der Waals surface area contributed by atoms with Crippen molar-refractivity contribution in [2.24, 2.45) is 5.92 Å². The third-order valence-electron chi connectivity index (χ3n) is 4.02. The Hall–Kier alpha value is -0.910. The van der Waals surface area contributed by atoms with Gasteiger partial charge in [-0.15, -0.1) is 0 Å². The van der Waals surface area contributed by atoms with Crippen molar-refractivity contribution < 1.29 is 8.42 Å². The molecular formula is C16H28N2O2S. The van der Waals surface area contributed by atoms with Crippen LogP contribution in [0.2, 0.25) is 0 Å². The summed E-state index contributed by atoms with van der Waals surface area (Å²) in [4.78, 5) is 0.375. The molecule has 21 heavy (non-hydrogen) atoms. The van der Waals surface area contributed by atoms with Gasteiger partial charge in [0.2, 0.25) is 10.0 Å². The highest BCUT2D eigenvalue weighted by atomic mass is 32.2. The summed E-state index contributed by atoms with van der Waals surface area (Å²) < 4.78 is 26.9. The highest BCUT2D eigenvalue weighted by Crippen LogP contribution is 2.20. The van der Waals surface area contributed by atoms with Crippen molar-refractivity contribution in [1.82, 2.24) is 9.62 Å². The van der Waals surface area contributed by atoms with E-state index < -0.39 is 10.0 Å². The number of nitrogens with one attached hydrogen (secondary N) is 1. The van der Waals surface area contributed by atoms with Gasteiger partial charge in [0.05, 0.1) is 4.90 Å². The van der Waals surface area contributed by atoms with Crippen LogP contribution in [0.1, 0.15) is 45.7 Å². The zero-order valence-electron chi connectivity index (χ0n) is 13.8. The Morgan fingerprint density at radius 1 is 1.14 bits per heavy atom. The van der Waals surface area contributed by atoms with E-state index in [4.69, 9.17) is 0 Å². The first-order valence-electron chi connectivity index (χ1n) is 7.64. The van der Waals surface area contributed by atoms with E-state index in [1.54, 1.807) is 16.4 Å². The number of benzene rings is 1. The fourth-order valence-electron chi connectivity index (χ4n) is 2.12. The summed E-state index contributed by atoms with van der Waals surface area (Å²) in [5.74, 6) is 0.364. The molecular weight excluding hydrogens is 284 g/mol. The van der Waals surface area contributed by atoms with E-state index in [0.717, 1.165) is 12.0 Å². The quantitative estimate of drug-likeness (QED) is 0.803. The SMILES string of the molecule is CCC(C)CN(CC)S(=O)(=O)c1ccc(C(C)NC)cc1. The molecule has 4 nitrogen and oxygen atoms in total. The van der Waals surface area contributed by atoms with Crippen LogP contribution < -0.4 is 5.32 Å². The van der Waals surface area contributed by atoms with Crippen LogP contribution in [0.15, 0.2) is 29.2 Å². The van der Waals surface area contributed by atoms with Crippen molar-refractivity contribution in [3.63, 3.8) is 0 Å². The predicted molar refractivity (Wildman–Crippen MR) is 87.8 cm³/mol. The van der Waals surface area contributed by atoms with Gasteiger partial charge in [0, 0.05) is 19.1 Å². The third-order valence-corrected chi connectivity index (χ3v) is 5.97. The van der Waals surface area contributed by atoms with Gasteiger partial charge >= 0.3 is 0 Å². The molecule has 0 radical (unpaired) electrons. The van der Waals surface area contributed by atoms with Crippen molar-refractivity contribution in [2.75, 3.05) is 20.1 Å². The second-order valence-corrected chi connectivity index (χ2v) is 7.49. The second kappa shape index (κ2) is 7.92. The van der Waals surface area contributed by atoms with Gasteiger partial charge in [0.25, 0.3) is 0 Å².